The molecule has 2 rings (SSSR count). The van der Waals surface area contributed by atoms with Gasteiger partial charge in [-0.15, -0.1) is 0 Å². The van der Waals surface area contributed by atoms with Crippen LogP contribution in [0.15, 0.2) is 18.2 Å². The summed E-state index contributed by atoms with van der Waals surface area (Å²) in [5, 5.41) is 6.25. The maximum Gasteiger partial charge on any atom is 0.407 e. The molecule has 1 heterocycles. The molecule has 0 spiro atoms. The number of rotatable bonds is 7. The number of ether oxygens (including phenoxy) is 3. The molecule has 25 heavy (non-hydrogen) atoms. The van der Waals surface area contributed by atoms with Crippen LogP contribution >= 0.6 is 0 Å². The summed E-state index contributed by atoms with van der Waals surface area (Å²) in [5.74, 6) is 0.876. The standard InChI is InChI=1S/C19H30N2O4/c1-6-14(12-23-5)21-15-7-8-17-13(9-15)10-16(24-17)11-20-18(22)25-19(2,3)4/h7-9,14,16,21H,6,10-12H2,1-5H3,(H,20,22). The molecule has 1 aliphatic heterocycles. The highest BCUT2D eigenvalue weighted by atomic mass is 16.6. The van der Waals surface area contributed by atoms with Gasteiger partial charge in [-0.25, -0.2) is 4.79 Å². The molecule has 0 saturated heterocycles. The number of nitrogens with one attached hydrogen (secondary N) is 2. The van der Waals surface area contributed by atoms with Crippen molar-refractivity contribution in [3.63, 3.8) is 0 Å². The van der Waals surface area contributed by atoms with Gasteiger partial charge >= 0.3 is 6.09 Å². The van der Waals surface area contributed by atoms with Crippen LogP contribution in [0.3, 0.4) is 0 Å². The van der Waals surface area contributed by atoms with E-state index in [1.54, 1.807) is 7.11 Å². The van der Waals surface area contributed by atoms with Crippen molar-refractivity contribution in [2.24, 2.45) is 0 Å². The first kappa shape index (κ1) is 19.4. The van der Waals surface area contributed by atoms with Crippen LogP contribution < -0.4 is 15.4 Å². The summed E-state index contributed by atoms with van der Waals surface area (Å²) in [6.45, 7) is 8.76. The van der Waals surface area contributed by atoms with Crippen LogP contribution in [0.4, 0.5) is 10.5 Å². The average molecular weight is 350 g/mol. The van der Waals surface area contributed by atoms with Crippen LogP contribution in [0.5, 0.6) is 5.75 Å². The summed E-state index contributed by atoms with van der Waals surface area (Å²) in [6, 6.07) is 6.39. The Balaban J connectivity index is 1.87. The van der Waals surface area contributed by atoms with Crippen molar-refractivity contribution in [1.29, 1.82) is 0 Å². The molecule has 2 unspecified atom stereocenters. The highest BCUT2D eigenvalue weighted by Gasteiger charge is 2.25. The van der Waals surface area contributed by atoms with Crippen molar-refractivity contribution in [2.75, 3.05) is 25.6 Å². The summed E-state index contributed by atoms with van der Waals surface area (Å²) in [7, 11) is 1.71. The van der Waals surface area contributed by atoms with E-state index in [-0.39, 0.29) is 12.1 Å². The predicted molar refractivity (Wildman–Crippen MR) is 98.4 cm³/mol. The van der Waals surface area contributed by atoms with Gasteiger partial charge in [-0.1, -0.05) is 6.92 Å². The molecule has 2 atom stereocenters. The van der Waals surface area contributed by atoms with Gasteiger partial charge in [0.25, 0.3) is 0 Å². The van der Waals surface area contributed by atoms with Crippen molar-refractivity contribution in [1.82, 2.24) is 5.32 Å². The lowest BCUT2D eigenvalue weighted by atomic mass is 10.1. The zero-order valence-corrected chi connectivity index (χ0v) is 15.8. The fraction of sp³-hybridized carbons (Fsp3) is 0.632. The molecule has 1 aliphatic rings. The Morgan fingerprint density at radius 1 is 1.40 bits per heavy atom. The minimum atomic E-state index is -0.498. The Kier molecular flexibility index (Phi) is 6.53. The van der Waals surface area contributed by atoms with Gasteiger partial charge in [0.1, 0.15) is 17.5 Å². The summed E-state index contributed by atoms with van der Waals surface area (Å²) in [5.41, 5.74) is 1.71. The molecule has 6 heteroatoms. The van der Waals surface area contributed by atoms with E-state index < -0.39 is 11.7 Å². The molecule has 1 amide bonds. The number of fused-ring (bicyclic) bond motifs is 1. The van der Waals surface area contributed by atoms with Crippen molar-refractivity contribution in [3.05, 3.63) is 23.8 Å². The summed E-state index contributed by atoms with van der Waals surface area (Å²) in [4.78, 5) is 11.7. The minimum absolute atomic E-state index is 0.0706. The van der Waals surface area contributed by atoms with E-state index in [1.807, 2.05) is 32.9 Å². The molecule has 0 aliphatic carbocycles. The van der Waals surface area contributed by atoms with E-state index in [9.17, 15) is 4.79 Å². The van der Waals surface area contributed by atoms with Crippen LogP contribution in [0.2, 0.25) is 0 Å². The molecule has 0 aromatic heterocycles. The van der Waals surface area contributed by atoms with Crippen molar-refractivity contribution in [3.8, 4) is 5.75 Å². The Labute approximate surface area is 150 Å². The maximum atomic E-state index is 11.7. The number of alkyl carbamates (subject to hydrolysis) is 1. The van der Waals surface area contributed by atoms with Crippen LogP contribution in [0.25, 0.3) is 0 Å². The molecule has 2 N–H and O–H groups in total. The quantitative estimate of drug-likeness (QED) is 0.789. The third kappa shape index (κ3) is 6.12. The number of hydrogen-bond donors (Lipinski definition) is 2. The highest BCUT2D eigenvalue weighted by molar-refractivity contribution is 5.67. The van der Waals surface area contributed by atoms with Gasteiger partial charge in [-0.05, 0) is 51.0 Å². The van der Waals surface area contributed by atoms with Crippen molar-refractivity contribution < 1.29 is 19.0 Å². The summed E-state index contributed by atoms with van der Waals surface area (Å²) < 4.78 is 16.4. The van der Waals surface area contributed by atoms with Gasteiger partial charge < -0.3 is 24.8 Å². The van der Waals surface area contributed by atoms with Gasteiger partial charge in [-0.2, -0.15) is 0 Å². The highest BCUT2D eigenvalue weighted by Crippen LogP contribution is 2.31. The second-order valence-electron chi connectivity index (χ2n) is 7.35. The van der Waals surface area contributed by atoms with Crippen LogP contribution in [0, 0.1) is 0 Å². The van der Waals surface area contributed by atoms with E-state index >= 15 is 0 Å². The molecule has 140 valence electrons. The fourth-order valence-electron chi connectivity index (χ4n) is 2.73. The van der Waals surface area contributed by atoms with Crippen LogP contribution in [0.1, 0.15) is 39.7 Å². The fourth-order valence-corrected chi connectivity index (χ4v) is 2.73. The van der Waals surface area contributed by atoms with Gasteiger partial charge in [0.05, 0.1) is 13.2 Å². The number of amides is 1. The van der Waals surface area contributed by atoms with E-state index in [2.05, 4.69) is 23.6 Å². The van der Waals surface area contributed by atoms with Gasteiger partial charge in [0.15, 0.2) is 0 Å². The van der Waals surface area contributed by atoms with Crippen molar-refractivity contribution in [2.45, 2.75) is 58.3 Å². The number of hydrogen-bond acceptors (Lipinski definition) is 5. The first-order chi connectivity index (χ1) is 11.8. The zero-order valence-electron chi connectivity index (χ0n) is 15.8. The molecule has 0 radical (unpaired) electrons. The zero-order chi connectivity index (χ0) is 18.4. The summed E-state index contributed by atoms with van der Waals surface area (Å²) >= 11 is 0. The Morgan fingerprint density at radius 2 is 2.16 bits per heavy atom. The largest absolute Gasteiger partial charge is 0.488 e. The van der Waals surface area contributed by atoms with Gasteiger partial charge in [-0.3, -0.25) is 0 Å². The Morgan fingerprint density at radius 3 is 2.80 bits per heavy atom. The van der Waals surface area contributed by atoms with Crippen LogP contribution in [-0.4, -0.2) is 44.1 Å². The van der Waals surface area contributed by atoms with Gasteiger partial charge in [0.2, 0.25) is 0 Å². The Hall–Kier alpha value is -1.95. The molecule has 0 bridgehead atoms. The number of carbonyl (C=O) groups excluding carboxylic acids is 1. The van der Waals surface area contributed by atoms with E-state index in [4.69, 9.17) is 14.2 Å². The topological polar surface area (TPSA) is 68.8 Å². The lowest BCUT2D eigenvalue weighted by Gasteiger charge is -2.20. The second-order valence-corrected chi connectivity index (χ2v) is 7.35. The molecule has 0 saturated carbocycles. The smallest absolute Gasteiger partial charge is 0.407 e. The number of carbonyl (C=O) groups is 1. The molecule has 1 aromatic rings. The first-order valence-electron chi connectivity index (χ1n) is 8.82. The predicted octanol–water partition coefficient (Wildman–Crippen LogP) is 3.35. The molecule has 1 aromatic carbocycles. The van der Waals surface area contributed by atoms with Crippen LogP contribution in [-0.2, 0) is 15.9 Å². The third-order valence-electron chi connectivity index (χ3n) is 3.91. The lowest BCUT2D eigenvalue weighted by molar-refractivity contribution is 0.0506. The van der Waals surface area contributed by atoms with Crippen molar-refractivity contribution >= 4 is 11.8 Å². The third-order valence-corrected chi connectivity index (χ3v) is 3.91. The SMILES string of the molecule is CCC(COC)Nc1ccc2c(c1)CC(CNC(=O)OC(C)(C)C)O2. The monoisotopic (exact) mass is 350 g/mol. The summed E-state index contributed by atoms with van der Waals surface area (Å²) in [6.07, 6.45) is 1.27. The average Bonchev–Trinajstić information content (AvgIpc) is 2.93. The molecule has 6 nitrogen and oxygen atoms in total. The molecular weight excluding hydrogens is 320 g/mol. The second kappa shape index (κ2) is 8.43. The minimum Gasteiger partial charge on any atom is -0.488 e. The van der Waals surface area contributed by atoms with E-state index in [1.165, 1.54) is 0 Å². The van der Waals surface area contributed by atoms with E-state index in [0.717, 1.165) is 29.8 Å². The lowest BCUT2D eigenvalue weighted by Crippen LogP contribution is -2.38. The molecular formula is C19H30N2O4. The first-order valence-corrected chi connectivity index (χ1v) is 8.82. The number of benzene rings is 1. The van der Waals surface area contributed by atoms with E-state index in [0.29, 0.717) is 13.2 Å². The number of methoxy groups -OCH3 is 1. The Bertz CT molecular complexity index is 583. The number of anilines is 1. The maximum absolute atomic E-state index is 11.7. The molecule has 0 fully saturated rings. The normalized spacial score (nSPS) is 17.4. The van der Waals surface area contributed by atoms with Gasteiger partial charge in [0, 0.05) is 25.3 Å².